The van der Waals surface area contributed by atoms with Crippen molar-refractivity contribution in [1.82, 2.24) is 15.1 Å². The van der Waals surface area contributed by atoms with Crippen molar-refractivity contribution in [2.75, 3.05) is 5.32 Å². The molecule has 4 rings (SSSR count). The summed E-state index contributed by atoms with van der Waals surface area (Å²) in [6, 6.07) is 23.2. The molecule has 2 amide bonds. The molecule has 32 heavy (non-hydrogen) atoms. The number of hydrogen-bond acceptors (Lipinski definition) is 4. The highest BCUT2D eigenvalue weighted by atomic mass is 16.2. The van der Waals surface area contributed by atoms with Crippen LogP contribution in [0.5, 0.6) is 0 Å². The van der Waals surface area contributed by atoms with E-state index in [1.165, 1.54) is 0 Å². The maximum atomic E-state index is 12.9. The van der Waals surface area contributed by atoms with Gasteiger partial charge in [-0.2, -0.15) is 5.10 Å². The van der Waals surface area contributed by atoms with E-state index in [2.05, 4.69) is 15.7 Å². The summed E-state index contributed by atoms with van der Waals surface area (Å²) in [4.78, 5) is 38.1. The third-order valence-corrected chi connectivity index (χ3v) is 5.15. The number of benzene rings is 3. The molecule has 1 unspecified atom stereocenters. The monoisotopic (exact) mass is 426 g/mol. The Hall–Kier alpha value is -4.26. The Kier molecular flexibility index (Phi) is 6.07. The summed E-state index contributed by atoms with van der Waals surface area (Å²) in [6.07, 6.45) is 1.55. The maximum absolute atomic E-state index is 12.9. The molecule has 0 aliphatic rings. The zero-order valence-corrected chi connectivity index (χ0v) is 17.5. The molecule has 0 spiro atoms. The van der Waals surface area contributed by atoms with Gasteiger partial charge in [0.05, 0.1) is 28.9 Å². The molecule has 0 radical (unpaired) electrons. The van der Waals surface area contributed by atoms with Gasteiger partial charge >= 0.3 is 0 Å². The van der Waals surface area contributed by atoms with Crippen LogP contribution < -0.4 is 16.2 Å². The first kappa shape index (κ1) is 21.0. The molecule has 3 aromatic carbocycles. The SMILES string of the molecule is CC(NC(=O)c1ccccc1NC(=O)Cn1ncc2ccccc2c1=O)c1ccccc1. The molecule has 4 aromatic rings. The van der Waals surface area contributed by atoms with Gasteiger partial charge in [-0.15, -0.1) is 0 Å². The van der Waals surface area contributed by atoms with Crippen LogP contribution >= 0.6 is 0 Å². The number of nitrogens with zero attached hydrogens (tertiary/aromatic N) is 2. The number of amides is 2. The number of carbonyl (C=O) groups is 2. The predicted octanol–water partition coefficient (Wildman–Crippen LogP) is 3.53. The average Bonchev–Trinajstić information content (AvgIpc) is 2.82. The zero-order chi connectivity index (χ0) is 22.5. The van der Waals surface area contributed by atoms with Crippen molar-refractivity contribution in [1.29, 1.82) is 0 Å². The minimum Gasteiger partial charge on any atom is -0.345 e. The van der Waals surface area contributed by atoms with Crippen LogP contribution in [0.2, 0.25) is 0 Å². The Morgan fingerprint density at radius 1 is 0.938 bits per heavy atom. The topological polar surface area (TPSA) is 93.1 Å². The molecule has 0 aliphatic carbocycles. The van der Waals surface area contributed by atoms with Crippen LogP contribution in [-0.4, -0.2) is 21.6 Å². The number of fused-ring (bicyclic) bond motifs is 1. The standard InChI is InChI=1S/C25H22N4O3/c1-17(18-9-3-2-4-10-18)27-24(31)21-13-7-8-14-22(21)28-23(30)16-29-25(32)20-12-6-5-11-19(20)15-26-29/h2-15,17H,16H2,1H3,(H,27,31)(H,28,30). The maximum Gasteiger partial charge on any atom is 0.275 e. The van der Waals surface area contributed by atoms with E-state index in [-0.39, 0.29) is 24.1 Å². The second-order valence-corrected chi connectivity index (χ2v) is 7.39. The highest BCUT2D eigenvalue weighted by Gasteiger charge is 2.16. The first-order valence-electron chi connectivity index (χ1n) is 10.2. The van der Waals surface area contributed by atoms with Gasteiger partial charge in [0.15, 0.2) is 0 Å². The smallest absolute Gasteiger partial charge is 0.275 e. The van der Waals surface area contributed by atoms with Gasteiger partial charge in [-0.1, -0.05) is 60.7 Å². The highest BCUT2D eigenvalue weighted by Crippen LogP contribution is 2.18. The first-order chi connectivity index (χ1) is 15.5. The second kappa shape index (κ2) is 9.26. The summed E-state index contributed by atoms with van der Waals surface area (Å²) in [5.74, 6) is -0.760. The summed E-state index contributed by atoms with van der Waals surface area (Å²) in [6.45, 7) is 1.63. The number of anilines is 1. The van der Waals surface area contributed by atoms with E-state index in [1.807, 2.05) is 43.3 Å². The third kappa shape index (κ3) is 4.57. The van der Waals surface area contributed by atoms with Crippen LogP contribution in [0, 0.1) is 0 Å². The molecular weight excluding hydrogens is 404 g/mol. The van der Waals surface area contributed by atoms with Crippen LogP contribution in [0.15, 0.2) is 89.9 Å². The van der Waals surface area contributed by atoms with Crippen LogP contribution in [0.25, 0.3) is 10.8 Å². The first-order valence-corrected chi connectivity index (χ1v) is 10.2. The van der Waals surface area contributed by atoms with Gasteiger partial charge in [-0.25, -0.2) is 4.68 Å². The van der Waals surface area contributed by atoms with E-state index in [9.17, 15) is 14.4 Å². The van der Waals surface area contributed by atoms with Crippen molar-refractivity contribution in [2.45, 2.75) is 19.5 Å². The van der Waals surface area contributed by atoms with Gasteiger partial charge in [-0.05, 0) is 30.7 Å². The molecule has 0 fully saturated rings. The fourth-order valence-electron chi connectivity index (χ4n) is 3.46. The van der Waals surface area contributed by atoms with Gasteiger partial charge in [0.2, 0.25) is 5.91 Å². The molecule has 0 bridgehead atoms. The Bertz CT molecular complexity index is 1330. The molecule has 160 valence electrons. The lowest BCUT2D eigenvalue weighted by Crippen LogP contribution is -2.31. The van der Waals surface area contributed by atoms with Crippen molar-refractivity contribution in [3.05, 3.63) is 107 Å². The Morgan fingerprint density at radius 3 is 2.44 bits per heavy atom. The van der Waals surface area contributed by atoms with E-state index in [0.29, 0.717) is 22.0 Å². The molecular formula is C25H22N4O3. The Balaban J connectivity index is 1.49. The fraction of sp³-hybridized carbons (Fsp3) is 0.120. The average molecular weight is 426 g/mol. The molecule has 2 N–H and O–H groups in total. The normalized spacial score (nSPS) is 11.7. The van der Waals surface area contributed by atoms with E-state index < -0.39 is 5.91 Å². The molecule has 1 heterocycles. The summed E-state index contributed by atoms with van der Waals surface area (Å²) in [5, 5.41) is 11.0. The number of carbonyl (C=O) groups excluding carboxylic acids is 2. The van der Waals surface area contributed by atoms with Crippen LogP contribution in [0.3, 0.4) is 0 Å². The van der Waals surface area contributed by atoms with Crippen molar-refractivity contribution in [3.63, 3.8) is 0 Å². The predicted molar refractivity (Wildman–Crippen MR) is 123 cm³/mol. The summed E-state index contributed by atoms with van der Waals surface area (Å²) in [7, 11) is 0. The third-order valence-electron chi connectivity index (χ3n) is 5.15. The number of hydrogen-bond donors (Lipinski definition) is 2. The van der Waals surface area contributed by atoms with Gasteiger partial charge in [0, 0.05) is 5.39 Å². The molecule has 1 atom stereocenters. The van der Waals surface area contributed by atoms with Gasteiger partial charge in [0.1, 0.15) is 6.54 Å². The molecule has 7 nitrogen and oxygen atoms in total. The van der Waals surface area contributed by atoms with Crippen molar-refractivity contribution < 1.29 is 9.59 Å². The van der Waals surface area contributed by atoms with Crippen molar-refractivity contribution in [3.8, 4) is 0 Å². The van der Waals surface area contributed by atoms with Crippen molar-refractivity contribution in [2.24, 2.45) is 0 Å². The zero-order valence-electron chi connectivity index (χ0n) is 17.5. The van der Waals surface area contributed by atoms with Gasteiger partial charge in [0.25, 0.3) is 11.5 Å². The molecule has 1 aromatic heterocycles. The van der Waals surface area contributed by atoms with Crippen LogP contribution in [-0.2, 0) is 11.3 Å². The molecule has 0 saturated heterocycles. The largest absolute Gasteiger partial charge is 0.345 e. The highest BCUT2D eigenvalue weighted by molar-refractivity contribution is 6.03. The summed E-state index contributed by atoms with van der Waals surface area (Å²) >= 11 is 0. The van der Waals surface area contributed by atoms with Crippen LogP contribution in [0.1, 0.15) is 28.9 Å². The molecule has 7 heteroatoms. The quantitative estimate of drug-likeness (QED) is 0.493. The summed E-state index contributed by atoms with van der Waals surface area (Å²) < 4.78 is 1.11. The minimum absolute atomic E-state index is 0.201. The van der Waals surface area contributed by atoms with Gasteiger partial charge in [-0.3, -0.25) is 14.4 Å². The van der Waals surface area contributed by atoms with Crippen molar-refractivity contribution >= 4 is 28.3 Å². The lowest BCUT2D eigenvalue weighted by Gasteiger charge is -2.16. The van der Waals surface area contributed by atoms with E-state index in [0.717, 1.165) is 10.2 Å². The second-order valence-electron chi connectivity index (χ2n) is 7.39. The molecule has 0 aliphatic heterocycles. The van der Waals surface area contributed by atoms with E-state index in [1.54, 1.807) is 48.7 Å². The fourth-order valence-corrected chi connectivity index (χ4v) is 3.46. The lowest BCUT2D eigenvalue weighted by atomic mass is 10.1. The Morgan fingerprint density at radius 2 is 1.62 bits per heavy atom. The number of rotatable bonds is 6. The lowest BCUT2D eigenvalue weighted by molar-refractivity contribution is -0.117. The summed E-state index contributed by atoms with van der Waals surface area (Å²) in [5.41, 5.74) is 1.33. The van der Waals surface area contributed by atoms with E-state index in [4.69, 9.17) is 0 Å². The minimum atomic E-state index is -0.453. The van der Waals surface area contributed by atoms with Gasteiger partial charge < -0.3 is 10.6 Å². The van der Waals surface area contributed by atoms with E-state index >= 15 is 0 Å². The Labute approximate surface area is 184 Å². The number of aromatic nitrogens is 2. The van der Waals surface area contributed by atoms with Crippen LogP contribution in [0.4, 0.5) is 5.69 Å². The number of para-hydroxylation sites is 1. The molecule has 0 saturated carbocycles. The number of nitrogens with one attached hydrogen (secondary N) is 2.